The lowest BCUT2D eigenvalue weighted by molar-refractivity contribution is 0.908. The monoisotopic (exact) mass is 656 g/mol. The van der Waals surface area contributed by atoms with Crippen LogP contribution < -0.4 is 0 Å². The topological polar surface area (TPSA) is 17.8 Å². The number of hydrogen-bond acceptors (Lipinski definition) is 2. The van der Waals surface area contributed by atoms with Crippen molar-refractivity contribution in [3.05, 3.63) is 170 Å². The Morgan fingerprint density at radius 2 is 1.02 bits per heavy atom. The molecule has 0 aliphatic heterocycles. The Bertz CT molecular complexity index is 2830. The van der Waals surface area contributed by atoms with Crippen molar-refractivity contribution in [1.82, 2.24) is 9.55 Å². The van der Waals surface area contributed by atoms with Gasteiger partial charge in [0.25, 0.3) is 0 Å². The van der Waals surface area contributed by atoms with Crippen molar-refractivity contribution in [2.45, 2.75) is 13.3 Å². The summed E-state index contributed by atoms with van der Waals surface area (Å²) in [5.74, 6) is 1.08. The van der Waals surface area contributed by atoms with Gasteiger partial charge in [-0.3, -0.25) is 4.57 Å². The second kappa shape index (κ2) is 11.5. The molecule has 0 saturated heterocycles. The lowest BCUT2D eigenvalue weighted by Gasteiger charge is -2.18. The molecule has 0 fully saturated rings. The van der Waals surface area contributed by atoms with E-state index in [0.29, 0.717) is 0 Å². The minimum Gasteiger partial charge on any atom is -0.296 e. The number of imidazole rings is 1. The maximum Gasteiger partial charge on any atom is 0.114 e. The number of nitrogens with zero attached hydrogens (tertiary/aromatic N) is 2. The molecule has 50 heavy (non-hydrogen) atoms. The molecule has 10 rings (SSSR count). The van der Waals surface area contributed by atoms with Crippen LogP contribution >= 0.6 is 11.3 Å². The molecule has 0 aliphatic carbocycles. The summed E-state index contributed by atoms with van der Waals surface area (Å²) in [5.41, 5.74) is 10.8. The molecule has 8 aromatic carbocycles. The number of rotatable bonds is 5. The van der Waals surface area contributed by atoms with Crippen LogP contribution in [0.25, 0.3) is 91.8 Å². The Labute approximate surface area is 294 Å². The van der Waals surface area contributed by atoms with Gasteiger partial charge in [0.1, 0.15) is 5.82 Å². The number of para-hydroxylation sites is 2. The van der Waals surface area contributed by atoms with Crippen molar-refractivity contribution in [2.75, 3.05) is 0 Å². The third-order valence-corrected chi connectivity index (χ3v) is 11.3. The number of benzene rings is 8. The molecule has 3 heteroatoms. The standard InChI is InChI=1S/C47H32N2S/c1-2-44-48-40-18-8-9-19-41(40)49(44)33-28-26-31(27-29-33)30-22-24-32(25-23-30)45-34-12-3-5-14-36(34)46(37-15-6-4-13-35(37)45)39-17-11-21-43-47(39)38-16-7-10-20-42(38)50-43/h3-29H,2H2,1H3. The largest absolute Gasteiger partial charge is 0.296 e. The van der Waals surface area contributed by atoms with Gasteiger partial charge in [0, 0.05) is 32.3 Å². The molecule has 0 atom stereocenters. The van der Waals surface area contributed by atoms with Gasteiger partial charge in [-0.25, -0.2) is 4.98 Å². The zero-order valence-corrected chi connectivity index (χ0v) is 28.4. The van der Waals surface area contributed by atoms with E-state index in [2.05, 4.69) is 175 Å². The van der Waals surface area contributed by atoms with Crippen LogP contribution in [0.4, 0.5) is 0 Å². The number of fused-ring (bicyclic) bond motifs is 6. The Kier molecular flexibility index (Phi) is 6.68. The van der Waals surface area contributed by atoms with Gasteiger partial charge in [-0.15, -0.1) is 11.3 Å². The van der Waals surface area contributed by atoms with Crippen LogP contribution in [-0.4, -0.2) is 9.55 Å². The molecule has 2 aromatic heterocycles. The molecule has 0 saturated carbocycles. The first kappa shape index (κ1) is 28.9. The molecule has 0 spiro atoms. The quantitative estimate of drug-likeness (QED) is 0.169. The van der Waals surface area contributed by atoms with E-state index >= 15 is 0 Å². The van der Waals surface area contributed by atoms with E-state index in [9.17, 15) is 0 Å². The average molecular weight is 657 g/mol. The fraction of sp³-hybridized carbons (Fsp3) is 0.0426. The molecule has 2 nitrogen and oxygen atoms in total. The minimum absolute atomic E-state index is 0.878. The Balaban J connectivity index is 1.10. The van der Waals surface area contributed by atoms with Crippen molar-refractivity contribution in [3.63, 3.8) is 0 Å². The molecular formula is C47H32N2S. The molecule has 0 aliphatic rings. The van der Waals surface area contributed by atoms with Gasteiger partial charge in [0.15, 0.2) is 0 Å². The van der Waals surface area contributed by atoms with Gasteiger partial charge >= 0.3 is 0 Å². The maximum absolute atomic E-state index is 4.88. The van der Waals surface area contributed by atoms with Gasteiger partial charge in [0.2, 0.25) is 0 Å². The summed E-state index contributed by atoms with van der Waals surface area (Å²) >= 11 is 1.88. The van der Waals surface area contributed by atoms with Crippen LogP contribution in [0, 0.1) is 0 Å². The molecule has 10 aromatic rings. The zero-order chi connectivity index (χ0) is 33.2. The normalized spacial score (nSPS) is 11.8. The molecule has 0 unspecified atom stereocenters. The Hall–Kier alpha value is -6.03. The van der Waals surface area contributed by atoms with Gasteiger partial charge in [-0.2, -0.15) is 0 Å². The fourth-order valence-electron chi connectivity index (χ4n) is 7.95. The summed E-state index contributed by atoms with van der Waals surface area (Å²) < 4.78 is 4.94. The second-order valence-electron chi connectivity index (χ2n) is 12.9. The summed E-state index contributed by atoms with van der Waals surface area (Å²) in [6, 6.07) is 59.9. The fourth-order valence-corrected chi connectivity index (χ4v) is 9.08. The molecular weight excluding hydrogens is 625 g/mol. The number of hydrogen-bond donors (Lipinski definition) is 0. The third-order valence-electron chi connectivity index (χ3n) is 10.2. The van der Waals surface area contributed by atoms with Crippen molar-refractivity contribution < 1.29 is 0 Å². The summed E-state index contributed by atoms with van der Waals surface area (Å²) in [4.78, 5) is 4.88. The number of aromatic nitrogens is 2. The lowest BCUT2D eigenvalue weighted by atomic mass is 9.84. The highest BCUT2D eigenvalue weighted by molar-refractivity contribution is 7.25. The highest BCUT2D eigenvalue weighted by atomic mass is 32.1. The molecule has 0 N–H and O–H groups in total. The van der Waals surface area contributed by atoms with Crippen LogP contribution in [-0.2, 0) is 6.42 Å². The number of aryl methyl sites for hydroxylation is 1. The molecule has 0 bridgehead atoms. The smallest absolute Gasteiger partial charge is 0.114 e. The SMILES string of the molecule is CCc1nc2ccccc2n1-c1ccc(-c2ccc(-c3c4ccccc4c(-c4cccc5sc6ccccc6c45)c4ccccc34)cc2)cc1. The Morgan fingerprint density at radius 3 is 1.70 bits per heavy atom. The third kappa shape index (κ3) is 4.44. The predicted molar refractivity (Wildman–Crippen MR) is 215 cm³/mol. The van der Waals surface area contributed by atoms with E-state index in [0.717, 1.165) is 29.0 Å². The first-order valence-corrected chi connectivity index (χ1v) is 18.1. The molecule has 236 valence electrons. The highest BCUT2D eigenvalue weighted by Crippen LogP contribution is 2.47. The Morgan fingerprint density at radius 1 is 0.480 bits per heavy atom. The van der Waals surface area contributed by atoms with Crippen LogP contribution in [0.5, 0.6) is 0 Å². The van der Waals surface area contributed by atoms with Crippen LogP contribution in [0.1, 0.15) is 12.7 Å². The lowest BCUT2D eigenvalue weighted by Crippen LogP contribution is -1.99. The summed E-state index contributed by atoms with van der Waals surface area (Å²) in [7, 11) is 0. The average Bonchev–Trinajstić information content (AvgIpc) is 3.76. The van der Waals surface area contributed by atoms with E-state index in [1.165, 1.54) is 75.1 Å². The molecule has 0 radical (unpaired) electrons. The van der Waals surface area contributed by atoms with E-state index in [-0.39, 0.29) is 0 Å². The maximum atomic E-state index is 4.88. The van der Waals surface area contributed by atoms with Crippen molar-refractivity contribution in [3.8, 4) is 39.1 Å². The molecule has 0 amide bonds. The first-order chi connectivity index (χ1) is 24.8. The predicted octanol–water partition coefficient (Wildman–Crippen LogP) is 13.3. The van der Waals surface area contributed by atoms with Gasteiger partial charge in [-0.05, 0) is 91.3 Å². The van der Waals surface area contributed by atoms with Crippen molar-refractivity contribution in [2.24, 2.45) is 0 Å². The van der Waals surface area contributed by atoms with Crippen LogP contribution in [0.15, 0.2) is 164 Å². The second-order valence-corrected chi connectivity index (χ2v) is 14.0. The van der Waals surface area contributed by atoms with Gasteiger partial charge in [0.05, 0.1) is 11.0 Å². The molecule has 2 heterocycles. The summed E-state index contributed by atoms with van der Waals surface area (Å²) in [5, 5.41) is 7.78. The summed E-state index contributed by atoms with van der Waals surface area (Å²) in [6.45, 7) is 2.17. The van der Waals surface area contributed by atoms with Crippen molar-refractivity contribution in [1.29, 1.82) is 0 Å². The van der Waals surface area contributed by atoms with Crippen LogP contribution in [0.3, 0.4) is 0 Å². The van der Waals surface area contributed by atoms with E-state index < -0.39 is 0 Å². The zero-order valence-electron chi connectivity index (χ0n) is 27.6. The number of thiophene rings is 1. The van der Waals surface area contributed by atoms with Gasteiger partial charge in [-0.1, -0.05) is 134 Å². The van der Waals surface area contributed by atoms with Gasteiger partial charge < -0.3 is 0 Å². The van der Waals surface area contributed by atoms with E-state index in [1.807, 2.05) is 11.3 Å². The first-order valence-electron chi connectivity index (χ1n) is 17.3. The van der Waals surface area contributed by atoms with E-state index in [4.69, 9.17) is 4.98 Å². The minimum atomic E-state index is 0.878. The van der Waals surface area contributed by atoms with Crippen LogP contribution in [0.2, 0.25) is 0 Å². The highest BCUT2D eigenvalue weighted by Gasteiger charge is 2.19. The summed E-state index contributed by atoms with van der Waals surface area (Å²) in [6.07, 6.45) is 0.878. The van der Waals surface area contributed by atoms with Crippen molar-refractivity contribution >= 4 is 64.1 Å². The van der Waals surface area contributed by atoms with E-state index in [1.54, 1.807) is 0 Å².